The van der Waals surface area contributed by atoms with Crippen LogP contribution in [-0.4, -0.2) is 28.1 Å². The number of aromatic nitrogens is 2. The van der Waals surface area contributed by atoms with E-state index in [4.69, 9.17) is 4.74 Å². The van der Waals surface area contributed by atoms with Crippen molar-refractivity contribution in [3.05, 3.63) is 75.2 Å². The number of ether oxygens (including phenoxy) is 1. The van der Waals surface area contributed by atoms with E-state index in [2.05, 4.69) is 5.10 Å². The van der Waals surface area contributed by atoms with Crippen LogP contribution in [0.15, 0.2) is 47.3 Å². The lowest BCUT2D eigenvalue weighted by Gasteiger charge is -2.11. The summed E-state index contributed by atoms with van der Waals surface area (Å²) in [5.41, 5.74) is 2.12. The second kappa shape index (κ2) is 8.82. The fourth-order valence-corrected chi connectivity index (χ4v) is 3.16. The van der Waals surface area contributed by atoms with Gasteiger partial charge in [-0.2, -0.15) is 5.10 Å². The van der Waals surface area contributed by atoms with Gasteiger partial charge in [0.05, 0.1) is 5.39 Å². The maximum absolute atomic E-state index is 12.7. The van der Waals surface area contributed by atoms with Crippen LogP contribution >= 0.6 is 0 Å². The van der Waals surface area contributed by atoms with E-state index in [1.807, 2.05) is 32.9 Å². The molecule has 0 spiro atoms. The average Bonchev–Trinajstić information content (AvgIpc) is 2.73. The molecule has 0 N–H and O–H groups in total. The van der Waals surface area contributed by atoms with Gasteiger partial charge in [-0.3, -0.25) is 9.59 Å². The topological polar surface area (TPSA) is 78.3 Å². The number of aryl methyl sites for hydroxylation is 3. The molecule has 2 aromatic carbocycles. The molecule has 0 atom stereocenters. The molecule has 3 aromatic rings. The quantitative estimate of drug-likeness (QED) is 0.451. The lowest BCUT2D eigenvalue weighted by Crippen LogP contribution is -2.27. The van der Waals surface area contributed by atoms with Crippen molar-refractivity contribution in [3.63, 3.8) is 0 Å². The van der Waals surface area contributed by atoms with Gasteiger partial charge in [0.15, 0.2) is 12.3 Å². The largest absolute Gasteiger partial charge is 0.452 e. The molecule has 0 saturated carbocycles. The molecule has 0 saturated heterocycles. The fraction of sp³-hybridized carbons (Fsp3) is 0.304. The number of Topliss-reactive ketones (excluding diaryl/α,β-unsaturated/α-hetero) is 1. The molecule has 6 heteroatoms. The van der Waals surface area contributed by atoms with Crippen LogP contribution < -0.4 is 5.56 Å². The Balaban J connectivity index is 1.88. The molecule has 0 unspecified atom stereocenters. The number of hydrogen-bond donors (Lipinski definition) is 0. The first-order valence-corrected chi connectivity index (χ1v) is 9.69. The van der Waals surface area contributed by atoms with E-state index >= 15 is 0 Å². The van der Waals surface area contributed by atoms with Gasteiger partial charge in [-0.1, -0.05) is 49.2 Å². The number of rotatable bonds is 7. The minimum Gasteiger partial charge on any atom is -0.452 e. The Morgan fingerprint density at radius 1 is 1.07 bits per heavy atom. The van der Waals surface area contributed by atoms with Crippen LogP contribution in [0.1, 0.15) is 51.7 Å². The molecule has 0 bridgehead atoms. The second-order valence-electron chi connectivity index (χ2n) is 7.09. The highest BCUT2D eigenvalue weighted by atomic mass is 16.5. The maximum atomic E-state index is 12.7. The molecule has 3 rings (SSSR count). The number of esters is 1. The van der Waals surface area contributed by atoms with Gasteiger partial charge in [0, 0.05) is 17.5 Å². The Morgan fingerprint density at radius 2 is 1.79 bits per heavy atom. The van der Waals surface area contributed by atoms with Crippen LogP contribution in [0.2, 0.25) is 0 Å². The van der Waals surface area contributed by atoms with Crippen molar-refractivity contribution in [2.45, 2.75) is 40.2 Å². The normalized spacial score (nSPS) is 10.9. The second-order valence-corrected chi connectivity index (χ2v) is 7.09. The SMILES string of the molecule is CCCCn1nc(C(=O)OCC(=O)c2cc(C)ccc2C)c2ccccc2c1=O. The van der Waals surface area contributed by atoms with Crippen molar-refractivity contribution in [3.8, 4) is 0 Å². The van der Waals surface area contributed by atoms with E-state index in [1.54, 1.807) is 30.3 Å². The number of ketones is 1. The first-order valence-electron chi connectivity index (χ1n) is 9.69. The van der Waals surface area contributed by atoms with Crippen molar-refractivity contribution < 1.29 is 14.3 Å². The van der Waals surface area contributed by atoms with E-state index in [0.717, 1.165) is 24.0 Å². The molecule has 1 aromatic heterocycles. The van der Waals surface area contributed by atoms with Crippen LogP contribution in [0.25, 0.3) is 10.8 Å². The average molecular weight is 392 g/mol. The summed E-state index contributed by atoms with van der Waals surface area (Å²) >= 11 is 0. The number of fused-ring (bicyclic) bond motifs is 1. The molecule has 0 fully saturated rings. The van der Waals surface area contributed by atoms with Gasteiger partial charge in [-0.25, -0.2) is 9.48 Å². The molecule has 1 heterocycles. The number of unbranched alkanes of at least 4 members (excludes halogenated alkanes) is 1. The molecule has 0 aliphatic rings. The Kier molecular flexibility index (Phi) is 6.22. The summed E-state index contributed by atoms with van der Waals surface area (Å²) in [5.74, 6) is -0.992. The lowest BCUT2D eigenvalue weighted by molar-refractivity contribution is 0.0468. The van der Waals surface area contributed by atoms with Gasteiger partial charge in [-0.05, 0) is 38.0 Å². The monoisotopic (exact) mass is 392 g/mol. The molecule has 150 valence electrons. The molecule has 0 aliphatic carbocycles. The van der Waals surface area contributed by atoms with Crippen LogP contribution in [-0.2, 0) is 11.3 Å². The molecular formula is C23H24N2O4. The molecule has 29 heavy (non-hydrogen) atoms. The fourth-order valence-electron chi connectivity index (χ4n) is 3.16. The van der Waals surface area contributed by atoms with E-state index < -0.39 is 5.97 Å². The number of hydrogen-bond acceptors (Lipinski definition) is 5. The van der Waals surface area contributed by atoms with E-state index in [-0.39, 0.29) is 23.6 Å². The summed E-state index contributed by atoms with van der Waals surface area (Å²) in [5, 5.41) is 5.07. The third kappa shape index (κ3) is 4.42. The summed E-state index contributed by atoms with van der Waals surface area (Å²) in [6.07, 6.45) is 1.66. The van der Waals surface area contributed by atoms with Crippen molar-refractivity contribution in [2.24, 2.45) is 0 Å². The predicted molar refractivity (Wildman–Crippen MR) is 111 cm³/mol. The molecule has 0 aliphatic heterocycles. The number of carbonyl (C=O) groups is 2. The summed E-state index contributed by atoms with van der Waals surface area (Å²) in [4.78, 5) is 37.9. The highest BCUT2D eigenvalue weighted by Crippen LogP contribution is 2.16. The van der Waals surface area contributed by atoms with Gasteiger partial charge in [0.25, 0.3) is 5.56 Å². The zero-order valence-electron chi connectivity index (χ0n) is 16.9. The van der Waals surface area contributed by atoms with Crippen molar-refractivity contribution in [1.29, 1.82) is 0 Å². The first kappa shape index (κ1) is 20.5. The van der Waals surface area contributed by atoms with E-state index in [0.29, 0.717) is 22.9 Å². The predicted octanol–water partition coefficient (Wildman–Crippen LogP) is 3.85. The highest BCUT2D eigenvalue weighted by molar-refractivity contribution is 6.04. The Hall–Kier alpha value is -3.28. The third-order valence-electron chi connectivity index (χ3n) is 4.81. The summed E-state index contributed by atoms with van der Waals surface area (Å²) < 4.78 is 6.58. The summed E-state index contributed by atoms with van der Waals surface area (Å²) in [6.45, 7) is 5.79. The van der Waals surface area contributed by atoms with Gasteiger partial charge in [0.2, 0.25) is 5.78 Å². The van der Waals surface area contributed by atoms with Gasteiger partial charge >= 0.3 is 5.97 Å². The molecule has 0 radical (unpaired) electrons. The Morgan fingerprint density at radius 3 is 2.52 bits per heavy atom. The molecular weight excluding hydrogens is 368 g/mol. The van der Waals surface area contributed by atoms with Crippen LogP contribution in [0.3, 0.4) is 0 Å². The minimum atomic E-state index is -0.717. The third-order valence-corrected chi connectivity index (χ3v) is 4.81. The van der Waals surface area contributed by atoms with Crippen molar-refractivity contribution >= 4 is 22.5 Å². The van der Waals surface area contributed by atoms with Crippen molar-refractivity contribution in [2.75, 3.05) is 6.61 Å². The van der Waals surface area contributed by atoms with Crippen molar-refractivity contribution in [1.82, 2.24) is 9.78 Å². The molecule has 6 nitrogen and oxygen atoms in total. The highest BCUT2D eigenvalue weighted by Gasteiger charge is 2.20. The Labute approximate surface area is 169 Å². The van der Waals surface area contributed by atoms with Gasteiger partial charge in [-0.15, -0.1) is 0 Å². The minimum absolute atomic E-state index is 0.0464. The van der Waals surface area contributed by atoms with Crippen LogP contribution in [0, 0.1) is 13.8 Å². The zero-order valence-corrected chi connectivity index (χ0v) is 16.9. The molecule has 0 amide bonds. The number of nitrogens with zero attached hydrogens (tertiary/aromatic N) is 2. The number of benzene rings is 2. The first-order chi connectivity index (χ1) is 13.9. The lowest BCUT2D eigenvalue weighted by atomic mass is 10.0. The summed E-state index contributed by atoms with van der Waals surface area (Å²) in [6, 6.07) is 12.4. The van der Waals surface area contributed by atoms with E-state index in [1.165, 1.54) is 4.68 Å². The number of carbonyl (C=O) groups excluding carboxylic acids is 2. The van der Waals surface area contributed by atoms with Gasteiger partial charge in [0.1, 0.15) is 0 Å². The summed E-state index contributed by atoms with van der Waals surface area (Å²) in [7, 11) is 0. The zero-order chi connectivity index (χ0) is 21.0. The van der Waals surface area contributed by atoms with E-state index in [9.17, 15) is 14.4 Å². The van der Waals surface area contributed by atoms with Crippen LogP contribution in [0.5, 0.6) is 0 Å². The maximum Gasteiger partial charge on any atom is 0.359 e. The smallest absolute Gasteiger partial charge is 0.359 e. The standard InChI is InChI=1S/C23H24N2O4/c1-4-5-12-25-22(27)18-9-7-6-8-17(18)21(24-25)23(28)29-14-20(26)19-13-15(2)10-11-16(19)3/h6-11,13H,4-5,12,14H2,1-3H3. The van der Waals surface area contributed by atoms with Crippen LogP contribution in [0.4, 0.5) is 0 Å². The Bertz CT molecular complexity index is 1130. The van der Waals surface area contributed by atoms with Gasteiger partial charge < -0.3 is 4.74 Å².